The van der Waals surface area contributed by atoms with E-state index in [0.717, 1.165) is 38.9 Å². The summed E-state index contributed by atoms with van der Waals surface area (Å²) in [6.45, 7) is 12.8. The number of ether oxygens (including phenoxy) is 2. The molecule has 4 aliphatic heterocycles. The van der Waals surface area contributed by atoms with Crippen LogP contribution in [0, 0.1) is 11.8 Å². The summed E-state index contributed by atoms with van der Waals surface area (Å²) in [7, 11) is 0. The van der Waals surface area contributed by atoms with E-state index in [1.54, 1.807) is 33.7 Å². The molecule has 9 nitrogen and oxygen atoms in total. The number of rotatable bonds is 14. The highest BCUT2D eigenvalue weighted by Crippen LogP contribution is 2.66. The zero-order valence-corrected chi connectivity index (χ0v) is 22.5. The van der Waals surface area contributed by atoms with Crippen molar-refractivity contribution < 1.29 is 29.0 Å². The van der Waals surface area contributed by atoms with E-state index in [2.05, 4.69) is 18.1 Å². The topological polar surface area (TPSA) is 99.6 Å². The maximum Gasteiger partial charge on any atom is 0.310 e. The summed E-state index contributed by atoms with van der Waals surface area (Å²) in [5.74, 6) is -1.67. The molecule has 0 aromatic carbocycles. The Kier molecular flexibility index (Phi) is 9.72. The molecule has 5 atom stereocenters. The molecule has 2 bridgehead atoms. The zero-order valence-electron chi connectivity index (χ0n) is 21.7. The summed E-state index contributed by atoms with van der Waals surface area (Å²) < 4.78 is 10.4. The smallest absolute Gasteiger partial charge is 0.310 e. The van der Waals surface area contributed by atoms with Gasteiger partial charge in [-0.2, -0.15) is 0 Å². The van der Waals surface area contributed by atoms with Crippen molar-refractivity contribution in [3.05, 3.63) is 25.3 Å². The molecule has 4 heterocycles. The number of esters is 1. The molecular formula is C27H41N3O6S. The van der Waals surface area contributed by atoms with E-state index in [9.17, 15) is 19.5 Å². The van der Waals surface area contributed by atoms with E-state index >= 15 is 0 Å². The van der Waals surface area contributed by atoms with Gasteiger partial charge in [0.1, 0.15) is 6.04 Å². The first-order valence-corrected chi connectivity index (χ1v) is 14.4. The lowest BCUT2D eigenvalue weighted by atomic mass is 9.71. The molecule has 0 aliphatic carbocycles. The predicted octanol–water partition coefficient (Wildman–Crippen LogP) is 1.32. The Hall–Kier alpha value is -1.88. The number of carbonyl (C=O) groups is 3. The van der Waals surface area contributed by atoms with Crippen LogP contribution in [0.5, 0.6) is 0 Å². The number of aliphatic hydroxyl groups excluding tert-OH is 1. The maximum absolute atomic E-state index is 14.2. The van der Waals surface area contributed by atoms with E-state index in [0.29, 0.717) is 52.3 Å². The number of carbonyl (C=O) groups excluding carboxylic acids is 3. The lowest BCUT2D eigenvalue weighted by molar-refractivity contribution is -0.154. The van der Waals surface area contributed by atoms with Crippen LogP contribution in [-0.4, -0.2) is 119 Å². The normalized spacial score (nSPS) is 30.8. The van der Waals surface area contributed by atoms with Crippen LogP contribution in [-0.2, 0) is 23.9 Å². The van der Waals surface area contributed by atoms with Crippen LogP contribution in [0.4, 0.5) is 0 Å². The van der Waals surface area contributed by atoms with Gasteiger partial charge in [-0.05, 0) is 32.1 Å². The number of hydrogen-bond donors (Lipinski definition) is 1. The van der Waals surface area contributed by atoms with Crippen LogP contribution in [0.2, 0.25) is 0 Å². The molecule has 0 saturated carbocycles. The van der Waals surface area contributed by atoms with Crippen molar-refractivity contribution in [3.63, 3.8) is 0 Å². The van der Waals surface area contributed by atoms with Gasteiger partial charge in [0.05, 0.1) is 36.4 Å². The highest BCUT2D eigenvalue weighted by Gasteiger charge is 2.74. The van der Waals surface area contributed by atoms with Crippen molar-refractivity contribution in [2.75, 3.05) is 65.7 Å². The van der Waals surface area contributed by atoms with Gasteiger partial charge in [-0.3, -0.25) is 19.3 Å². The van der Waals surface area contributed by atoms with Crippen LogP contribution in [0.25, 0.3) is 0 Å². The second kappa shape index (κ2) is 12.8. The minimum atomic E-state index is -0.658. The molecule has 4 saturated heterocycles. The third-order valence-corrected chi connectivity index (χ3v) is 10.1. The van der Waals surface area contributed by atoms with Crippen molar-refractivity contribution >= 4 is 29.5 Å². The van der Waals surface area contributed by atoms with Crippen LogP contribution < -0.4 is 0 Å². The maximum atomic E-state index is 14.2. The number of aliphatic hydroxyl groups is 1. The summed E-state index contributed by atoms with van der Waals surface area (Å²) >= 11 is 1.65. The van der Waals surface area contributed by atoms with Crippen LogP contribution in [0.1, 0.15) is 32.1 Å². The first kappa shape index (κ1) is 28.1. The molecule has 206 valence electrons. The summed E-state index contributed by atoms with van der Waals surface area (Å²) in [6.07, 6.45) is 6.87. The molecule has 4 rings (SSSR count). The molecule has 2 unspecified atom stereocenters. The molecule has 0 radical (unpaired) electrons. The van der Waals surface area contributed by atoms with Crippen molar-refractivity contribution in [2.24, 2.45) is 11.8 Å². The van der Waals surface area contributed by atoms with Crippen LogP contribution in [0.3, 0.4) is 0 Å². The lowest BCUT2D eigenvalue weighted by Crippen LogP contribution is -2.56. The van der Waals surface area contributed by atoms with Crippen molar-refractivity contribution in [3.8, 4) is 0 Å². The summed E-state index contributed by atoms with van der Waals surface area (Å²) in [6, 6.07) is -0.658. The van der Waals surface area contributed by atoms with Gasteiger partial charge in [-0.15, -0.1) is 24.9 Å². The Labute approximate surface area is 224 Å². The molecule has 1 N–H and O–H groups in total. The SMILES string of the molecule is C=CCCCOC(=O)[C@@H]1[C@H]2C(=O)N(CCCO)C(C(=O)N(CC=C)CCN3CCOCC3)C23CC[C@H]1S3. The number of allylic oxidation sites excluding steroid dienone is 1. The third-order valence-electron chi connectivity index (χ3n) is 8.11. The van der Waals surface area contributed by atoms with Gasteiger partial charge in [-0.25, -0.2) is 0 Å². The fourth-order valence-corrected chi connectivity index (χ4v) is 8.59. The highest BCUT2D eigenvalue weighted by atomic mass is 32.2. The number of morpholine rings is 1. The van der Waals surface area contributed by atoms with E-state index in [1.165, 1.54) is 0 Å². The molecule has 0 aromatic rings. The zero-order chi connectivity index (χ0) is 26.4. The molecule has 2 amide bonds. The van der Waals surface area contributed by atoms with Gasteiger partial charge in [0, 0.05) is 51.1 Å². The van der Waals surface area contributed by atoms with Gasteiger partial charge < -0.3 is 24.4 Å². The van der Waals surface area contributed by atoms with Gasteiger partial charge in [0.2, 0.25) is 11.8 Å². The first-order chi connectivity index (χ1) is 18.0. The fourth-order valence-electron chi connectivity index (χ4n) is 6.39. The first-order valence-electron chi connectivity index (χ1n) is 13.5. The Morgan fingerprint density at radius 2 is 2.00 bits per heavy atom. The Morgan fingerprint density at radius 1 is 1.22 bits per heavy atom. The molecular weight excluding hydrogens is 494 g/mol. The second-order valence-electron chi connectivity index (χ2n) is 10.3. The van der Waals surface area contributed by atoms with Crippen LogP contribution >= 0.6 is 11.8 Å². The minimum Gasteiger partial charge on any atom is -0.465 e. The highest BCUT2D eigenvalue weighted by molar-refractivity contribution is 8.02. The average Bonchev–Trinajstić information content (AvgIpc) is 3.55. The molecule has 4 aliphatic rings. The Morgan fingerprint density at radius 3 is 2.70 bits per heavy atom. The summed E-state index contributed by atoms with van der Waals surface area (Å²) in [5.41, 5.74) is 0. The summed E-state index contributed by atoms with van der Waals surface area (Å²) in [4.78, 5) is 47.0. The molecule has 37 heavy (non-hydrogen) atoms. The minimum absolute atomic E-state index is 0.0163. The standard InChI is InChI=1S/C27H41N3O6S/c1-3-5-6-17-36-26(34)21-20-8-9-27(37-20)22(21)24(32)30(11-7-16-31)23(27)25(33)29(10-4-2)13-12-28-14-18-35-19-15-28/h3-4,20-23,31H,1-2,5-19H2/t20-,21+,22+,23?,27?/m1/s1. The monoisotopic (exact) mass is 535 g/mol. The quantitative estimate of drug-likeness (QED) is 0.202. The molecule has 1 spiro atoms. The Bertz CT molecular complexity index is 865. The van der Waals surface area contributed by atoms with E-state index in [-0.39, 0.29) is 29.6 Å². The molecule has 10 heteroatoms. The Balaban J connectivity index is 1.56. The second-order valence-corrected chi connectivity index (χ2v) is 11.9. The number of fused-ring (bicyclic) bond motifs is 1. The number of amides is 2. The van der Waals surface area contributed by atoms with E-state index < -0.39 is 22.6 Å². The predicted molar refractivity (Wildman–Crippen MR) is 142 cm³/mol. The van der Waals surface area contributed by atoms with Gasteiger partial charge in [-0.1, -0.05) is 12.2 Å². The van der Waals surface area contributed by atoms with Gasteiger partial charge >= 0.3 is 5.97 Å². The number of nitrogens with zero attached hydrogens (tertiary/aromatic N) is 3. The average molecular weight is 536 g/mol. The summed E-state index contributed by atoms with van der Waals surface area (Å²) in [5, 5.41) is 9.51. The fraction of sp³-hybridized carbons (Fsp3) is 0.741. The van der Waals surface area contributed by atoms with Crippen molar-refractivity contribution in [1.82, 2.24) is 14.7 Å². The van der Waals surface area contributed by atoms with Crippen molar-refractivity contribution in [2.45, 2.75) is 48.1 Å². The van der Waals surface area contributed by atoms with Crippen LogP contribution in [0.15, 0.2) is 25.3 Å². The molecule has 4 fully saturated rings. The number of likely N-dealkylation sites (tertiary alicyclic amines) is 1. The van der Waals surface area contributed by atoms with Gasteiger partial charge in [0.15, 0.2) is 0 Å². The number of hydrogen-bond acceptors (Lipinski definition) is 8. The van der Waals surface area contributed by atoms with Crippen molar-refractivity contribution in [1.29, 1.82) is 0 Å². The van der Waals surface area contributed by atoms with E-state index in [4.69, 9.17) is 9.47 Å². The lowest BCUT2D eigenvalue weighted by Gasteiger charge is -2.38. The largest absolute Gasteiger partial charge is 0.465 e. The number of thioether (sulfide) groups is 1. The third kappa shape index (κ3) is 5.62. The molecule has 0 aromatic heterocycles. The van der Waals surface area contributed by atoms with E-state index in [1.807, 2.05) is 0 Å². The van der Waals surface area contributed by atoms with Gasteiger partial charge in [0.25, 0.3) is 0 Å². The number of unbranched alkanes of at least 4 members (excludes halogenated alkanes) is 1.